The first-order valence-corrected chi connectivity index (χ1v) is 7.27. The Hall–Kier alpha value is -1.75. The summed E-state index contributed by atoms with van der Waals surface area (Å²) >= 11 is 5.95. The highest BCUT2D eigenvalue weighted by molar-refractivity contribution is 6.32. The number of benzene rings is 1. The Morgan fingerprint density at radius 2 is 2.05 bits per heavy atom. The van der Waals surface area contributed by atoms with Crippen LogP contribution in [0.3, 0.4) is 0 Å². The first-order valence-electron chi connectivity index (χ1n) is 6.90. The Kier molecular flexibility index (Phi) is 7.02. The molecule has 2 unspecified atom stereocenters. The lowest BCUT2D eigenvalue weighted by molar-refractivity contribution is -0.143. The van der Waals surface area contributed by atoms with Gasteiger partial charge in [0.1, 0.15) is 11.8 Å². The van der Waals surface area contributed by atoms with E-state index in [1.54, 1.807) is 31.2 Å². The number of hydrogen-bond donors (Lipinski definition) is 2. The summed E-state index contributed by atoms with van der Waals surface area (Å²) in [5, 5.41) is 12.0. The maximum Gasteiger partial charge on any atom is 0.326 e. The van der Waals surface area contributed by atoms with Crippen molar-refractivity contribution < 1.29 is 19.4 Å². The predicted molar refractivity (Wildman–Crippen MR) is 80.6 cm³/mol. The second-order valence-electron chi connectivity index (χ2n) is 4.73. The van der Waals surface area contributed by atoms with Crippen molar-refractivity contribution in [3.8, 4) is 5.75 Å². The van der Waals surface area contributed by atoms with Crippen LogP contribution in [0.4, 0.5) is 0 Å². The number of halogens is 1. The van der Waals surface area contributed by atoms with Gasteiger partial charge in [-0.3, -0.25) is 4.79 Å². The minimum atomic E-state index is -1.04. The fourth-order valence-corrected chi connectivity index (χ4v) is 1.92. The van der Waals surface area contributed by atoms with E-state index < -0.39 is 24.0 Å². The minimum absolute atomic E-state index is 0.391. The van der Waals surface area contributed by atoms with E-state index in [9.17, 15) is 9.59 Å². The number of nitrogens with one attached hydrogen (secondary N) is 1. The molecule has 1 rings (SSSR count). The van der Waals surface area contributed by atoms with Gasteiger partial charge in [-0.1, -0.05) is 43.5 Å². The van der Waals surface area contributed by atoms with E-state index in [0.717, 1.165) is 12.8 Å². The molecule has 1 aromatic rings. The van der Waals surface area contributed by atoms with Gasteiger partial charge in [-0.2, -0.15) is 0 Å². The molecular weight excluding hydrogens is 294 g/mol. The van der Waals surface area contributed by atoms with Crippen molar-refractivity contribution >= 4 is 23.5 Å². The molecule has 116 valence electrons. The second-order valence-corrected chi connectivity index (χ2v) is 5.14. The number of para-hydroxylation sites is 1. The molecule has 0 radical (unpaired) electrons. The monoisotopic (exact) mass is 313 g/mol. The van der Waals surface area contributed by atoms with Gasteiger partial charge in [0.05, 0.1) is 5.02 Å². The zero-order chi connectivity index (χ0) is 15.8. The highest BCUT2D eigenvalue weighted by Crippen LogP contribution is 2.24. The summed E-state index contributed by atoms with van der Waals surface area (Å²) in [5.74, 6) is -1.12. The molecule has 0 saturated carbocycles. The van der Waals surface area contributed by atoms with Crippen LogP contribution in [0.25, 0.3) is 0 Å². The molecule has 0 aliphatic heterocycles. The lowest BCUT2D eigenvalue weighted by Crippen LogP contribution is -2.46. The van der Waals surface area contributed by atoms with Crippen LogP contribution in [0.5, 0.6) is 5.75 Å². The molecule has 0 aliphatic carbocycles. The van der Waals surface area contributed by atoms with Crippen molar-refractivity contribution in [3.63, 3.8) is 0 Å². The number of aliphatic carboxylic acids is 1. The molecule has 5 nitrogen and oxygen atoms in total. The number of hydrogen-bond acceptors (Lipinski definition) is 3. The third-order valence-electron chi connectivity index (χ3n) is 2.97. The number of carbonyl (C=O) groups excluding carboxylic acids is 1. The Labute approximate surface area is 129 Å². The molecule has 0 spiro atoms. The first-order chi connectivity index (χ1) is 9.95. The van der Waals surface area contributed by atoms with Crippen molar-refractivity contribution in [1.29, 1.82) is 0 Å². The van der Waals surface area contributed by atoms with Gasteiger partial charge < -0.3 is 15.2 Å². The number of ether oxygens (including phenoxy) is 1. The van der Waals surface area contributed by atoms with Crippen LogP contribution in [0.2, 0.25) is 5.02 Å². The van der Waals surface area contributed by atoms with Crippen molar-refractivity contribution in [1.82, 2.24) is 5.32 Å². The van der Waals surface area contributed by atoms with Gasteiger partial charge in [-0.05, 0) is 25.5 Å². The summed E-state index contributed by atoms with van der Waals surface area (Å²) in [6.45, 7) is 3.52. The molecule has 0 bridgehead atoms. The molecular formula is C15H20ClNO4. The van der Waals surface area contributed by atoms with Gasteiger partial charge in [0.2, 0.25) is 0 Å². The average molecular weight is 314 g/mol. The first kappa shape index (κ1) is 17.3. The highest BCUT2D eigenvalue weighted by Gasteiger charge is 2.23. The van der Waals surface area contributed by atoms with Crippen LogP contribution in [0, 0.1) is 0 Å². The number of amides is 1. The quantitative estimate of drug-likeness (QED) is 0.774. The van der Waals surface area contributed by atoms with E-state index in [0.29, 0.717) is 17.2 Å². The van der Waals surface area contributed by atoms with Crippen molar-refractivity contribution in [2.75, 3.05) is 0 Å². The lowest BCUT2D eigenvalue weighted by atomic mass is 10.1. The predicted octanol–water partition coefficient (Wildman–Crippen LogP) is 2.87. The topological polar surface area (TPSA) is 75.6 Å². The molecule has 6 heteroatoms. The van der Waals surface area contributed by atoms with Gasteiger partial charge in [-0.25, -0.2) is 4.79 Å². The van der Waals surface area contributed by atoms with Crippen LogP contribution < -0.4 is 10.1 Å². The largest absolute Gasteiger partial charge is 0.480 e. The molecule has 1 amide bonds. The molecule has 2 atom stereocenters. The number of unbranched alkanes of at least 4 members (excludes halogenated alkanes) is 1. The van der Waals surface area contributed by atoms with E-state index in [-0.39, 0.29) is 0 Å². The van der Waals surface area contributed by atoms with Crippen molar-refractivity contribution in [2.45, 2.75) is 45.3 Å². The molecule has 0 saturated heterocycles. The summed E-state index contributed by atoms with van der Waals surface area (Å²) in [7, 11) is 0. The summed E-state index contributed by atoms with van der Waals surface area (Å²) in [4.78, 5) is 23.1. The third kappa shape index (κ3) is 5.63. The number of carboxylic acid groups (broad SMARTS) is 1. The second kappa shape index (κ2) is 8.52. The zero-order valence-electron chi connectivity index (χ0n) is 12.1. The molecule has 1 aromatic carbocycles. The van der Waals surface area contributed by atoms with Gasteiger partial charge in [-0.15, -0.1) is 0 Å². The van der Waals surface area contributed by atoms with Crippen LogP contribution in [0.15, 0.2) is 24.3 Å². The van der Waals surface area contributed by atoms with Gasteiger partial charge in [0.25, 0.3) is 5.91 Å². The fraction of sp³-hybridized carbons (Fsp3) is 0.467. The maximum absolute atomic E-state index is 12.0. The summed E-state index contributed by atoms with van der Waals surface area (Å²) in [6.07, 6.45) is 1.17. The highest BCUT2D eigenvalue weighted by atomic mass is 35.5. The molecule has 0 aliphatic rings. The van der Waals surface area contributed by atoms with Gasteiger partial charge in [0.15, 0.2) is 6.10 Å². The Morgan fingerprint density at radius 3 is 2.62 bits per heavy atom. The number of carbonyl (C=O) groups is 2. The summed E-state index contributed by atoms with van der Waals surface area (Å²) in [6, 6.07) is 5.91. The Balaban J connectivity index is 2.61. The third-order valence-corrected chi connectivity index (χ3v) is 3.28. The van der Waals surface area contributed by atoms with Crippen molar-refractivity contribution in [2.24, 2.45) is 0 Å². The average Bonchev–Trinajstić information content (AvgIpc) is 2.45. The molecule has 21 heavy (non-hydrogen) atoms. The maximum atomic E-state index is 12.0. The molecule has 2 N–H and O–H groups in total. The van der Waals surface area contributed by atoms with E-state index in [2.05, 4.69) is 5.32 Å². The Morgan fingerprint density at radius 1 is 1.38 bits per heavy atom. The molecule has 0 heterocycles. The minimum Gasteiger partial charge on any atom is -0.480 e. The number of carboxylic acids is 1. The van der Waals surface area contributed by atoms with E-state index >= 15 is 0 Å². The smallest absolute Gasteiger partial charge is 0.326 e. The van der Waals surface area contributed by atoms with E-state index in [4.69, 9.17) is 21.4 Å². The zero-order valence-corrected chi connectivity index (χ0v) is 12.9. The van der Waals surface area contributed by atoms with Gasteiger partial charge in [0, 0.05) is 0 Å². The number of rotatable bonds is 8. The van der Waals surface area contributed by atoms with Crippen LogP contribution in [-0.2, 0) is 9.59 Å². The molecule has 0 aromatic heterocycles. The van der Waals surface area contributed by atoms with E-state index in [1.165, 1.54) is 0 Å². The normalized spacial score (nSPS) is 13.3. The lowest BCUT2D eigenvalue weighted by Gasteiger charge is -2.19. The van der Waals surface area contributed by atoms with Crippen LogP contribution >= 0.6 is 11.6 Å². The SMILES string of the molecule is CCCCC(NC(=O)C(C)Oc1ccccc1Cl)C(=O)O. The van der Waals surface area contributed by atoms with Gasteiger partial charge >= 0.3 is 5.97 Å². The van der Waals surface area contributed by atoms with Crippen LogP contribution in [0.1, 0.15) is 33.1 Å². The Bertz CT molecular complexity index is 492. The van der Waals surface area contributed by atoms with Crippen LogP contribution in [-0.4, -0.2) is 29.1 Å². The standard InChI is InChI=1S/C15H20ClNO4/c1-3-4-8-12(15(19)20)17-14(18)10(2)21-13-9-6-5-7-11(13)16/h5-7,9-10,12H,3-4,8H2,1-2H3,(H,17,18)(H,19,20). The molecule has 0 fully saturated rings. The summed E-state index contributed by atoms with van der Waals surface area (Å²) < 4.78 is 5.46. The van der Waals surface area contributed by atoms with Crippen molar-refractivity contribution in [3.05, 3.63) is 29.3 Å². The summed E-state index contributed by atoms with van der Waals surface area (Å²) in [5.41, 5.74) is 0. The van der Waals surface area contributed by atoms with E-state index in [1.807, 2.05) is 6.92 Å². The fourth-order valence-electron chi connectivity index (χ4n) is 1.74.